The van der Waals surface area contributed by atoms with Crippen molar-refractivity contribution >= 4 is 0 Å². The van der Waals surface area contributed by atoms with Gasteiger partial charge in [-0.05, 0) is 50.3 Å². The summed E-state index contributed by atoms with van der Waals surface area (Å²) in [5.41, 5.74) is 6.92. The average Bonchev–Trinajstić information content (AvgIpc) is 3.06. The molecule has 1 atom stereocenters. The maximum atomic E-state index is 4.20. The molecule has 3 rings (SSSR count). The van der Waals surface area contributed by atoms with E-state index in [1.165, 1.54) is 27.8 Å². The van der Waals surface area contributed by atoms with Gasteiger partial charge in [0.2, 0.25) is 0 Å². The van der Waals surface area contributed by atoms with Crippen LogP contribution in [0.1, 0.15) is 40.2 Å². The largest absolute Gasteiger partial charge is 0.337 e. The Morgan fingerprint density at radius 3 is 2.38 bits per heavy atom. The van der Waals surface area contributed by atoms with Crippen LogP contribution in [0.4, 0.5) is 0 Å². The van der Waals surface area contributed by atoms with Crippen LogP contribution >= 0.6 is 0 Å². The number of hydrogen-bond donors (Lipinski definition) is 0. The van der Waals surface area contributed by atoms with Crippen LogP contribution in [-0.2, 0) is 13.0 Å². The van der Waals surface area contributed by atoms with Crippen LogP contribution in [0.15, 0.2) is 61.2 Å². The molecule has 1 heterocycles. The van der Waals surface area contributed by atoms with Gasteiger partial charge in [0, 0.05) is 24.9 Å². The lowest BCUT2D eigenvalue weighted by Gasteiger charge is -2.21. The Morgan fingerprint density at radius 2 is 1.71 bits per heavy atom. The summed E-state index contributed by atoms with van der Waals surface area (Å²) in [6, 6.07) is 15.8. The zero-order valence-electron chi connectivity index (χ0n) is 14.9. The number of nitrogens with zero attached hydrogens (tertiary/aromatic N) is 2. The summed E-state index contributed by atoms with van der Waals surface area (Å²) in [7, 11) is 0. The Hall–Kier alpha value is -2.35. The van der Waals surface area contributed by atoms with Crippen molar-refractivity contribution in [2.24, 2.45) is 0 Å². The Morgan fingerprint density at radius 1 is 0.958 bits per heavy atom. The maximum Gasteiger partial charge on any atom is 0.0946 e. The van der Waals surface area contributed by atoms with Crippen molar-refractivity contribution in [2.75, 3.05) is 0 Å². The first-order valence-electron chi connectivity index (χ1n) is 8.70. The summed E-state index contributed by atoms with van der Waals surface area (Å²) in [5, 5.41) is 0. The standard InChI is InChI=1S/C22H26N2/c1-17-4-7-20(8-5-17)9-10-21(15-24-13-12-23-16-24)22-11-6-18(2)14-19(22)3/h4-8,11-14,16,21H,9-10,15H2,1-3H3. The number of benzene rings is 2. The second kappa shape index (κ2) is 7.48. The Kier molecular flexibility index (Phi) is 5.14. The van der Waals surface area contributed by atoms with Crippen LogP contribution in [0, 0.1) is 20.8 Å². The van der Waals surface area contributed by atoms with Crippen LogP contribution in [0.25, 0.3) is 0 Å². The van der Waals surface area contributed by atoms with Gasteiger partial charge in [0.1, 0.15) is 0 Å². The Labute approximate surface area is 145 Å². The first kappa shape index (κ1) is 16.5. The third-order valence-electron chi connectivity index (χ3n) is 4.76. The van der Waals surface area contributed by atoms with E-state index < -0.39 is 0 Å². The summed E-state index contributed by atoms with van der Waals surface area (Å²) in [6.45, 7) is 7.51. The SMILES string of the molecule is Cc1ccc(CCC(Cn2ccnc2)c2ccc(C)cc2C)cc1. The van der Waals surface area contributed by atoms with Gasteiger partial charge in [-0.2, -0.15) is 0 Å². The van der Waals surface area contributed by atoms with Crippen LogP contribution in [0.5, 0.6) is 0 Å². The molecule has 0 N–H and O–H groups in total. The minimum atomic E-state index is 0.501. The highest BCUT2D eigenvalue weighted by molar-refractivity contribution is 5.33. The van der Waals surface area contributed by atoms with Gasteiger partial charge in [0.25, 0.3) is 0 Å². The van der Waals surface area contributed by atoms with E-state index in [1.54, 1.807) is 0 Å². The molecule has 1 aromatic heterocycles. The molecular weight excluding hydrogens is 292 g/mol. The molecule has 0 aliphatic rings. The van der Waals surface area contributed by atoms with Gasteiger partial charge in [-0.15, -0.1) is 0 Å². The normalized spacial score (nSPS) is 12.3. The highest BCUT2D eigenvalue weighted by Crippen LogP contribution is 2.27. The van der Waals surface area contributed by atoms with Gasteiger partial charge in [0.15, 0.2) is 0 Å². The zero-order chi connectivity index (χ0) is 16.9. The molecule has 2 aromatic carbocycles. The van der Waals surface area contributed by atoms with E-state index in [4.69, 9.17) is 0 Å². The highest BCUT2D eigenvalue weighted by atomic mass is 15.0. The van der Waals surface area contributed by atoms with Crippen LogP contribution < -0.4 is 0 Å². The summed E-state index contributed by atoms with van der Waals surface area (Å²) in [5.74, 6) is 0.501. The summed E-state index contributed by atoms with van der Waals surface area (Å²) in [6.07, 6.45) is 8.09. The zero-order valence-corrected chi connectivity index (χ0v) is 14.9. The molecule has 0 fully saturated rings. The van der Waals surface area contributed by atoms with Crippen LogP contribution in [0.2, 0.25) is 0 Å². The van der Waals surface area contributed by atoms with E-state index in [0.717, 1.165) is 19.4 Å². The minimum absolute atomic E-state index is 0.501. The fourth-order valence-corrected chi connectivity index (χ4v) is 3.37. The van der Waals surface area contributed by atoms with Crippen molar-refractivity contribution in [3.63, 3.8) is 0 Å². The molecule has 0 spiro atoms. The number of aryl methyl sites for hydroxylation is 4. The summed E-state index contributed by atoms with van der Waals surface area (Å²) in [4.78, 5) is 4.20. The Bertz CT molecular complexity index is 770. The molecule has 0 amide bonds. The molecule has 2 nitrogen and oxygen atoms in total. The van der Waals surface area contributed by atoms with Gasteiger partial charge in [-0.25, -0.2) is 4.98 Å². The number of aromatic nitrogens is 2. The second-order valence-electron chi connectivity index (χ2n) is 6.84. The smallest absolute Gasteiger partial charge is 0.0946 e. The quantitative estimate of drug-likeness (QED) is 0.609. The molecule has 0 bridgehead atoms. The van der Waals surface area contributed by atoms with Gasteiger partial charge in [-0.1, -0.05) is 53.6 Å². The molecule has 0 aliphatic heterocycles. The highest BCUT2D eigenvalue weighted by Gasteiger charge is 2.15. The fraction of sp³-hybridized carbons (Fsp3) is 0.318. The van der Waals surface area contributed by atoms with Crippen molar-refractivity contribution in [3.8, 4) is 0 Å². The van der Waals surface area contributed by atoms with Crippen molar-refractivity contribution in [3.05, 3.63) is 89.0 Å². The third-order valence-corrected chi connectivity index (χ3v) is 4.76. The predicted molar refractivity (Wildman–Crippen MR) is 100 cm³/mol. The van der Waals surface area contributed by atoms with Crippen molar-refractivity contribution in [2.45, 2.75) is 46.1 Å². The lowest BCUT2D eigenvalue weighted by molar-refractivity contribution is 0.522. The van der Waals surface area contributed by atoms with Crippen molar-refractivity contribution < 1.29 is 0 Å². The minimum Gasteiger partial charge on any atom is -0.337 e. The number of imidazole rings is 1. The molecule has 3 aromatic rings. The Balaban J connectivity index is 1.80. The third kappa shape index (κ3) is 4.14. The molecule has 24 heavy (non-hydrogen) atoms. The average molecular weight is 318 g/mol. The van der Waals surface area contributed by atoms with Crippen LogP contribution in [-0.4, -0.2) is 9.55 Å². The topological polar surface area (TPSA) is 17.8 Å². The monoisotopic (exact) mass is 318 g/mol. The van der Waals surface area contributed by atoms with E-state index in [-0.39, 0.29) is 0 Å². The van der Waals surface area contributed by atoms with Gasteiger partial charge in [-0.3, -0.25) is 0 Å². The summed E-state index contributed by atoms with van der Waals surface area (Å²) >= 11 is 0. The molecule has 0 radical (unpaired) electrons. The molecule has 1 unspecified atom stereocenters. The lowest BCUT2D eigenvalue weighted by atomic mass is 9.88. The number of rotatable bonds is 6. The first-order chi connectivity index (χ1) is 11.6. The summed E-state index contributed by atoms with van der Waals surface area (Å²) < 4.78 is 2.19. The van der Waals surface area contributed by atoms with Crippen molar-refractivity contribution in [1.82, 2.24) is 9.55 Å². The maximum absolute atomic E-state index is 4.20. The molecule has 2 heteroatoms. The lowest BCUT2D eigenvalue weighted by Crippen LogP contribution is -2.11. The molecule has 0 aliphatic carbocycles. The number of hydrogen-bond acceptors (Lipinski definition) is 1. The van der Waals surface area contributed by atoms with Crippen LogP contribution in [0.3, 0.4) is 0 Å². The van der Waals surface area contributed by atoms with E-state index in [1.807, 2.05) is 12.5 Å². The predicted octanol–water partition coefficient (Wildman–Crippen LogP) is 5.22. The molecule has 124 valence electrons. The molecule has 0 saturated heterocycles. The van der Waals surface area contributed by atoms with Gasteiger partial charge >= 0.3 is 0 Å². The van der Waals surface area contributed by atoms with E-state index >= 15 is 0 Å². The second-order valence-corrected chi connectivity index (χ2v) is 6.84. The van der Waals surface area contributed by atoms with E-state index in [9.17, 15) is 0 Å². The van der Waals surface area contributed by atoms with Gasteiger partial charge < -0.3 is 4.57 Å². The van der Waals surface area contributed by atoms with Gasteiger partial charge in [0.05, 0.1) is 6.33 Å². The van der Waals surface area contributed by atoms with Crippen molar-refractivity contribution in [1.29, 1.82) is 0 Å². The van der Waals surface area contributed by atoms with E-state index in [0.29, 0.717) is 5.92 Å². The molecule has 0 saturated carbocycles. The molecular formula is C22H26N2. The van der Waals surface area contributed by atoms with E-state index in [2.05, 4.69) is 79.0 Å². The fourth-order valence-electron chi connectivity index (χ4n) is 3.37. The first-order valence-corrected chi connectivity index (χ1v) is 8.70.